The number of benzene rings is 2. The summed E-state index contributed by atoms with van der Waals surface area (Å²) in [5.74, 6) is 0.679. The molecule has 0 aliphatic rings. The first-order valence-corrected chi connectivity index (χ1v) is 10.6. The average molecular weight is 452 g/mol. The van der Waals surface area contributed by atoms with Gasteiger partial charge in [0.25, 0.3) is 11.8 Å². The highest BCUT2D eigenvalue weighted by Gasteiger charge is 2.11. The third kappa shape index (κ3) is 6.95. The highest BCUT2D eigenvalue weighted by Crippen LogP contribution is 2.17. The molecule has 0 atom stereocenters. The number of ether oxygens (including phenoxy) is 1. The van der Waals surface area contributed by atoms with E-state index in [2.05, 4.69) is 29.8 Å². The van der Waals surface area contributed by atoms with Gasteiger partial charge in [0.05, 0.1) is 12.9 Å². The van der Waals surface area contributed by atoms with Gasteiger partial charge >= 0.3 is 0 Å². The second-order valence-electron chi connectivity index (χ2n) is 7.48. The van der Waals surface area contributed by atoms with Crippen molar-refractivity contribution in [2.75, 3.05) is 17.2 Å². The number of thiocarbonyl (C=S) groups is 1. The fourth-order valence-corrected chi connectivity index (χ4v) is 2.96. The first kappa shape index (κ1) is 23.0. The third-order valence-electron chi connectivity index (χ3n) is 4.41. The summed E-state index contributed by atoms with van der Waals surface area (Å²) in [6.07, 6.45) is 2.37. The van der Waals surface area contributed by atoms with E-state index in [4.69, 9.17) is 21.4 Å². The molecular weight excluding hydrogens is 426 g/mol. The molecule has 2 amide bonds. The van der Waals surface area contributed by atoms with Gasteiger partial charge in [0.15, 0.2) is 10.9 Å². The number of carbonyl (C=O) groups excluding carboxylic acids is 2. The van der Waals surface area contributed by atoms with Crippen LogP contribution in [0.2, 0.25) is 0 Å². The van der Waals surface area contributed by atoms with Crippen molar-refractivity contribution in [1.29, 1.82) is 0 Å². The molecule has 8 heteroatoms. The van der Waals surface area contributed by atoms with E-state index >= 15 is 0 Å². The van der Waals surface area contributed by atoms with Gasteiger partial charge in [0.2, 0.25) is 0 Å². The quantitative estimate of drug-likeness (QED) is 0.414. The Morgan fingerprint density at radius 3 is 2.44 bits per heavy atom. The van der Waals surface area contributed by atoms with E-state index in [9.17, 15) is 9.59 Å². The van der Waals surface area contributed by atoms with Crippen molar-refractivity contribution in [2.45, 2.75) is 20.3 Å². The largest absolute Gasteiger partial charge is 0.494 e. The van der Waals surface area contributed by atoms with E-state index in [-0.39, 0.29) is 22.7 Å². The number of carbonyl (C=O) groups is 2. The molecule has 0 aliphatic heterocycles. The Hall–Kier alpha value is -3.65. The van der Waals surface area contributed by atoms with E-state index < -0.39 is 0 Å². The van der Waals surface area contributed by atoms with Crippen LogP contribution in [-0.2, 0) is 0 Å². The van der Waals surface area contributed by atoms with Gasteiger partial charge in [0.1, 0.15) is 5.75 Å². The van der Waals surface area contributed by atoms with Gasteiger partial charge in [-0.3, -0.25) is 14.9 Å². The van der Waals surface area contributed by atoms with Crippen LogP contribution in [0.4, 0.5) is 11.4 Å². The van der Waals surface area contributed by atoms with Crippen LogP contribution in [0.15, 0.2) is 71.3 Å². The minimum atomic E-state index is -0.362. The van der Waals surface area contributed by atoms with Gasteiger partial charge in [0, 0.05) is 16.9 Å². The van der Waals surface area contributed by atoms with Crippen LogP contribution in [0.25, 0.3) is 0 Å². The van der Waals surface area contributed by atoms with Crippen molar-refractivity contribution >= 4 is 40.5 Å². The summed E-state index contributed by atoms with van der Waals surface area (Å²) in [6, 6.07) is 17.1. The SMILES string of the molecule is CC(C)CCOc1cccc(C(=O)NC(=S)Nc2cccc(NC(=O)c3ccco3)c2)c1. The Balaban J connectivity index is 1.55. The second-order valence-corrected chi connectivity index (χ2v) is 7.89. The molecule has 1 aromatic heterocycles. The molecule has 0 radical (unpaired) electrons. The molecular formula is C24H25N3O4S. The molecule has 0 bridgehead atoms. The Morgan fingerprint density at radius 1 is 0.969 bits per heavy atom. The lowest BCUT2D eigenvalue weighted by Gasteiger charge is -2.12. The number of rotatable bonds is 8. The fraction of sp³-hybridized carbons (Fsp3) is 0.208. The molecule has 3 aromatic rings. The van der Waals surface area contributed by atoms with Crippen molar-refractivity contribution in [1.82, 2.24) is 5.32 Å². The van der Waals surface area contributed by atoms with Crippen LogP contribution >= 0.6 is 12.2 Å². The van der Waals surface area contributed by atoms with E-state index in [1.807, 2.05) is 6.07 Å². The fourth-order valence-electron chi connectivity index (χ4n) is 2.75. The zero-order valence-electron chi connectivity index (χ0n) is 17.9. The monoisotopic (exact) mass is 451 g/mol. The number of nitrogens with one attached hydrogen (secondary N) is 3. The van der Waals surface area contributed by atoms with E-state index in [0.717, 1.165) is 6.42 Å². The van der Waals surface area contributed by atoms with Crippen molar-refractivity contribution in [2.24, 2.45) is 5.92 Å². The maximum atomic E-state index is 12.6. The molecule has 0 spiro atoms. The molecule has 32 heavy (non-hydrogen) atoms. The molecule has 0 aliphatic carbocycles. The normalized spacial score (nSPS) is 10.5. The molecule has 3 N–H and O–H groups in total. The third-order valence-corrected chi connectivity index (χ3v) is 4.61. The van der Waals surface area contributed by atoms with Crippen molar-refractivity contribution in [3.05, 3.63) is 78.3 Å². The van der Waals surface area contributed by atoms with Gasteiger partial charge in [-0.2, -0.15) is 0 Å². The molecule has 0 unspecified atom stereocenters. The Kier molecular flexibility index (Phi) is 7.99. The predicted octanol–water partition coefficient (Wildman–Crippen LogP) is 5.08. The number of amides is 2. The van der Waals surface area contributed by atoms with Gasteiger partial charge in [-0.25, -0.2) is 0 Å². The maximum Gasteiger partial charge on any atom is 0.291 e. The van der Waals surface area contributed by atoms with Crippen LogP contribution in [-0.4, -0.2) is 23.5 Å². The lowest BCUT2D eigenvalue weighted by molar-refractivity contribution is 0.0974. The molecule has 0 fully saturated rings. The predicted molar refractivity (Wildman–Crippen MR) is 128 cm³/mol. The number of hydrogen-bond acceptors (Lipinski definition) is 5. The van der Waals surface area contributed by atoms with E-state index in [0.29, 0.717) is 35.2 Å². The van der Waals surface area contributed by atoms with Crippen LogP contribution < -0.4 is 20.7 Å². The highest BCUT2D eigenvalue weighted by atomic mass is 32.1. The molecule has 7 nitrogen and oxygen atoms in total. The van der Waals surface area contributed by atoms with Gasteiger partial charge in [-0.1, -0.05) is 26.0 Å². The minimum absolute atomic E-state index is 0.135. The van der Waals surface area contributed by atoms with E-state index in [1.54, 1.807) is 54.6 Å². The molecule has 166 valence electrons. The molecule has 2 aromatic carbocycles. The summed E-state index contributed by atoms with van der Waals surface area (Å²) in [6.45, 7) is 4.85. The van der Waals surface area contributed by atoms with Crippen molar-refractivity contribution < 1.29 is 18.7 Å². The van der Waals surface area contributed by atoms with Crippen molar-refractivity contribution in [3.8, 4) is 5.75 Å². The van der Waals surface area contributed by atoms with Gasteiger partial charge in [-0.15, -0.1) is 0 Å². The van der Waals surface area contributed by atoms with Crippen LogP contribution in [0.1, 0.15) is 41.2 Å². The summed E-state index contributed by atoms with van der Waals surface area (Å²) in [5, 5.41) is 8.47. The highest BCUT2D eigenvalue weighted by molar-refractivity contribution is 7.80. The Morgan fingerprint density at radius 2 is 1.72 bits per heavy atom. The molecule has 0 saturated carbocycles. The van der Waals surface area contributed by atoms with Gasteiger partial charge in [-0.05, 0) is 73.1 Å². The second kappa shape index (κ2) is 11.1. The Labute approximate surface area is 192 Å². The molecule has 3 rings (SSSR count). The van der Waals surface area contributed by atoms with Gasteiger partial charge < -0.3 is 19.8 Å². The summed E-state index contributed by atoms with van der Waals surface area (Å²) in [4.78, 5) is 24.7. The first-order chi connectivity index (χ1) is 15.4. The zero-order chi connectivity index (χ0) is 22.9. The summed E-state index contributed by atoms with van der Waals surface area (Å²) in [5.41, 5.74) is 1.60. The van der Waals surface area contributed by atoms with E-state index in [1.165, 1.54) is 6.26 Å². The smallest absolute Gasteiger partial charge is 0.291 e. The van der Waals surface area contributed by atoms with Crippen LogP contribution in [0.3, 0.4) is 0 Å². The summed E-state index contributed by atoms with van der Waals surface area (Å²) in [7, 11) is 0. The van der Waals surface area contributed by atoms with Crippen LogP contribution in [0.5, 0.6) is 5.75 Å². The maximum absolute atomic E-state index is 12.6. The van der Waals surface area contributed by atoms with Crippen LogP contribution in [0, 0.1) is 5.92 Å². The Bertz CT molecular complexity index is 1080. The summed E-state index contributed by atoms with van der Waals surface area (Å²) < 4.78 is 10.8. The minimum Gasteiger partial charge on any atom is -0.494 e. The number of furan rings is 1. The topological polar surface area (TPSA) is 92.6 Å². The average Bonchev–Trinajstić information content (AvgIpc) is 3.29. The lowest BCUT2D eigenvalue weighted by atomic mass is 10.1. The zero-order valence-corrected chi connectivity index (χ0v) is 18.7. The summed E-state index contributed by atoms with van der Waals surface area (Å²) >= 11 is 5.26. The molecule has 0 saturated heterocycles. The molecule has 1 heterocycles. The number of anilines is 2. The lowest BCUT2D eigenvalue weighted by Crippen LogP contribution is -2.34. The van der Waals surface area contributed by atoms with Crippen molar-refractivity contribution in [3.63, 3.8) is 0 Å². The first-order valence-electron chi connectivity index (χ1n) is 10.2. The standard InChI is InChI=1S/C24H25N3O4S/c1-16(2)11-13-30-20-9-3-6-17(14-20)22(28)27-24(32)26-19-8-4-7-18(15-19)25-23(29)21-10-5-12-31-21/h3-10,12,14-16H,11,13H2,1-2H3,(H,25,29)(H2,26,27,28,32). The number of hydrogen-bond donors (Lipinski definition) is 3.